The predicted octanol–water partition coefficient (Wildman–Crippen LogP) is 2.23. The summed E-state index contributed by atoms with van der Waals surface area (Å²) in [6.45, 7) is 3.64. The number of hydrogen-bond acceptors (Lipinski definition) is 3. The molecule has 3 nitrogen and oxygen atoms in total. The van der Waals surface area contributed by atoms with Crippen LogP contribution in [0.3, 0.4) is 0 Å². The fourth-order valence-corrected chi connectivity index (χ4v) is 1.32. The second-order valence-corrected chi connectivity index (χ2v) is 3.38. The minimum absolute atomic E-state index is 0.000801. The molecule has 16 heavy (non-hydrogen) atoms. The molecule has 0 aliphatic rings. The van der Waals surface area contributed by atoms with Crippen LogP contribution in [-0.4, -0.2) is 17.7 Å². The van der Waals surface area contributed by atoms with Crippen LogP contribution in [-0.2, 0) is 9.53 Å². The van der Waals surface area contributed by atoms with Gasteiger partial charge in [0.25, 0.3) is 0 Å². The van der Waals surface area contributed by atoms with Crippen LogP contribution in [0.5, 0.6) is 0 Å². The maximum Gasteiger partial charge on any atom is 0.306 e. The summed E-state index contributed by atoms with van der Waals surface area (Å²) >= 11 is 0. The van der Waals surface area contributed by atoms with Gasteiger partial charge in [0.15, 0.2) is 0 Å². The molecule has 0 aromatic heterocycles. The molecular weight excluding hydrogens is 204 g/mol. The number of aliphatic hydroxyl groups is 1. The molecule has 0 fully saturated rings. The van der Waals surface area contributed by atoms with Crippen LogP contribution < -0.4 is 0 Å². The molecule has 1 N–H and O–H groups in total. The van der Waals surface area contributed by atoms with Gasteiger partial charge in [-0.2, -0.15) is 0 Å². The van der Waals surface area contributed by atoms with Crippen molar-refractivity contribution in [1.82, 2.24) is 0 Å². The molecule has 0 aliphatic carbocycles. The van der Waals surface area contributed by atoms with Crippen molar-refractivity contribution in [2.45, 2.75) is 18.9 Å². The highest BCUT2D eigenvalue weighted by Gasteiger charge is 2.12. The third-order valence-electron chi connectivity index (χ3n) is 2.14. The number of carbonyl (C=O) groups is 1. The smallest absolute Gasteiger partial charge is 0.306 e. The number of esters is 1. The van der Waals surface area contributed by atoms with Crippen LogP contribution in [0, 0.1) is 0 Å². The number of carbonyl (C=O) groups excluding carboxylic acids is 1. The maximum absolute atomic E-state index is 11.4. The Morgan fingerprint density at radius 1 is 1.44 bits per heavy atom. The summed E-state index contributed by atoms with van der Waals surface area (Å²) in [6, 6.07) is 9.43. The molecule has 0 spiro atoms. The summed E-state index contributed by atoms with van der Waals surface area (Å²) in [5, 5.41) is 8.60. The Morgan fingerprint density at radius 2 is 2.12 bits per heavy atom. The van der Waals surface area contributed by atoms with Gasteiger partial charge in [0, 0.05) is 13.0 Å². The zero-order valence-corrected chi connectivity index (χ0v) is 9.13. The quantitative estimate of drug-likeness (QED) is 0.590. The minimum atomic E-state index is -0.410. The summed E-state index contributed by atoms with van der Waals surface area (Å²) in [4.78, 5) is 11.4. The number of benzene rings is 1. The van der Waals surface area contributed by atoms with Crippen LogP contribution in [0.4, 0.5) is 0 Å². The lowest BCUT2D eigenvalue weighted by molar-refractivity contribution is -0.147. The van der Waals surface area contributed by atoms with Crippen molar-refractivity contribution < 1.29 is 14.6 Å². The average molecular weight is 220 g/mol. The molecule has 0 aliphatic heterocycles. The molecule has 1 rings (SSSR count). The van der Waals surface area contributed by atoms with Gasteiger partial charge in [-0.15, -0.1) is 0 Å². The molecule has 0 saturated carbocycles. The first-order chi connectivity index (χ1) is 7.77. The fraction of sp³-hybridized carbons (Fsp3) is 0.308. The molecule has 86 valence electrons. The van der Waals surface area contributed by atoms with Crippen LogP contribution >= 0.6 is 0 Å². The van der Waals surface area contributed by atoms with Crippen LogP contribution in [0.25, 0.3) is 0 Å². The topological polar surface area (TPSA) is 46.5 Å². The normalized spacial score (nSPS) is 11.8. The van der Waals surface area contributed by atoms with Gasteiger partial charge >= 0.3 is 5.97 Å². The van der Waals surface area contributed by atoms with Gasteiger partial charge < -0.3 is 9.84 Å². The minimum Gasteiger partial charge on any atom is -0.453 e. The first kappa shape index (κ1) is 12.5. The van der Waals surface area contributed by atoms with E-state index in [1.54, 1.807) is 6.08 Å². The standard InChI is InChI=1S/C13H16O3/c1-2-12(11-7-4-3-5-8-11)16-13(15)9-6-10-14/h2-5,7-8,12,14H,1,6,9-10H2. The van der Waals surface area contributed by atoms with Crippen LogP contribution in [0.1, 0.15) is 24.5 Å². The molecule has 1 atom stereocenters. The van der Waals surface area contributed by atoms with E-state index in [1.807, 2.05) is 30.3 Å². The summed E-state index contributed by atoms with van der Waals surface area (Å²) in [6.07, 6.45) is 1.84. The molecule has 3 heteroatoms. The molecule has 0 bridgehead atoms. The van der Waals surface area contributed by atoms with E-state index < -0.39 is 6.10 Å². The Kier molecular flexibility index (Phi) is 5.29. The predicted molar refractivity (Wildman–Crippen MR) is 61.8 cm³/mol. The summed E-state index contributed by atoms with van der Waals surface area (Å²) in [5.74, 6) is -0.317. The van der Waals surface area contributed by atoms with Gasteiger partial charge in [-0.05, 0) is 18.1 Å². The van der Waals surface area contributed by atoms with Crippen molar-refractivity contribution in [3.05, 3.63) is 48.6 Å². The van der Waals surface area contributed by atoms with Gasteiger partial charge in [0.05, 0.1) is 0 Å². The van der Waals surface area contributed by atoms with Crippen molar-refractivity contribution in [2.24, 2.45) is 0 Å². The Bertz CT molecular complexity index is 332. The number of aliphatic hydroxyl groups excluding tert-OH is 1. The maximum atomic E-state index is 11.4. The van der Waals surface area contributed by atoms with E-state index in [0.717, 1.165) is 5.56 Å². The summed E-state index contributed by atoms with van der Waals surface area (Å²) in [7, 11) is 0. The fourth-order valence-electron chi connectivity index (χ4n) is 1.32. The lowest BCUT2D eigenvalue weighted by atomic mass is 10.1. The van der Waals surface area contributed by atoms with E-state index in [9.17, 15) is 4.79 Å². The Morgan fingerprint density at radius 3 is 2.69 bits per heavy atom. The Labute approximate surface area is 95.4 Å². The molecule has 1 aromatic rings. The number of rotatable bonds is 6. The Hall–Kier alpha value is -1.61. The highest BCUT2D eigenvalue weighted by Crippen LogP contribution is 2.18. The largest absolute Gasteiger partial charge is 0.453 e. The first-order valence-corrected chi connectivity index (χ1v) is 5.25. The summed E-state index contributed by atoms with van der Waals surface area (Å²) < 4.78 is 5.22. The van der Waals surface area contributed by atoms with Gasteiger partial charge in [-0.3, -0.25) is 4.79 Å². The van der Waals surface area contributed by atoms with E-state index in [-0.39, 0.29) is 19.0 Å². The zero-order chi connectivity index (χ0) is 11.8. The van der Waals surface area contributed by atoms with Crippen LogP contribution in [0.2, 0.25) is 0 Å². The van der Waals surface area contributed by atoms with E-state index >= 15 is 0 Å². The third kappa shape index (κ3) is 3.87. The van der Waals surface area contributed by atoms with Gasteiger partial charge in [0.1, 0.15) is 6.10 Å². The molecule has 1 unspecified atom stereocenters. The molecule has 0 amide bonds. The Balaban J connectivity index is 2.56. The van der Waals surface area contributed by atoms with Crippen LogP contribution in [0.15, 0.2) is 43.0 Å². The van der Waals surface area contributed by atoms with Crippen molar-refractivity contribution in [1.29, 1.82) is 0 Å². The lowest BCUT2D eigenvalue weighted by Crippen LogP contribution is -2.09. The zero-order valence-electron chi connectivity index (χ0n) is 9.13. The summed E-state index contributed by atoms with van der Waals surface area (Å²) in [5.41, 5.74) is 0.898. The molecule has 0 heterocycles. The lowest BCUT2D eigenvalue weighted by Gasteiger charge is -2.14. The van der Waals surface area contributed by atoms with E-state index in [0.29, 0.717) is 6.42 Å². The van der Waals surface area contributed by atoms with Crippen molar-refractivity contribution >= 4 is 5.97 Å². The number of hydrogen-bond donors (Lipinski definition) is 1. The monoisotopic (exact) mass is 220 g/mol. The van der Waals surface area contributed by atoms with Crippen molar-refractivity contribution in [3.63, 3.8) is 0 Å². The highest BCUT2D eigenvalue weighted by molar-refractivity contribution is 5.69. The highest BCUT2D eigenvalue weighted by atomic mass is 16.5. The SMILES string of the molecule is C=CC(OC(=O)CCCO)c1ccccc1. The molecule has 1 aromatic carbocycles. The molecule has 0 radical (unpaired) electrons. The third-order valence-corrected chi connectivity index (χ3v) is 2.14. The first-order valence-electron chi connectivity index (χ1n) is 5.25. The van der Waals surface area contributed by atoms with E-state index in [1.165, 1.54) is 0 Å². The van der Waals surface area contributed by atoms with E-state index in [2.05, 4.69) is 6.58 Å². The molecule has 0 saturated heterocycles. The van der Waals surface area contributed by atoms with Crippen molar-refractivity contribution in [3.8, 4) is 0 Å². The number of ether oxygens (including phenoxy) is 1. The van der Waals surface area contributed by atoms with Gasteiger partial charge in [0.2, 0.25) is 0 Å². The van der Waals surface area contributed by atoms with Crippen molar-refractivity contribution in [2.75, 3.05) is 6.61 Å². The van der Waals surface area contributed by atoms with Gasteiger partial charge in [-0.25, -0.2) is 0 Å². The second kappa shape index (κ2) is 6.80. The van der Waals surface area contributed by atoms with E-state index in [4.69, 9.17) is 9.84 Å². The average Bonchev–Trinajstić information content (AvgIpc) is 2.34. The second-order valence-electron chi connectivity index (χ2n) is 3.38. The van der Waals surface area contributed by atoms with Gasteiger partial charge in [-0.1, -0.05) is 36.9 Å². The molecular formula is C13H16O3.